The van der Waals surface area contributed by atoms with Gasteiger partial charge in [0.15, 0.2) is 0 Å². The van der Waals surface area contributed by atoms with Gasteiger partial charge in [0, 0.05) is 24.2 Å². The minimum Gasteiger partial charge on any atom is -0.387 e. The zero-order valence-corrected chi connectivity index (χ0v) is 9.67. The summed E-state index contributed by atoms with van der Waals surface area (Å²) in [7, 11) is 1.55. The Bertz CT molecular complexity index is 364. The zero-order valence-electron chi connectivity index (χ0n) is 8.91. The van der Waals surface area contributed by atoms with Crippen LogP contribution in [0.5, 0.6) is 0 Å². The molecule has 0 fully saturated rings. The second kappa shape index (κ2) is 5.82. The molecule has 0 radical (unpaired) electrons. The molecule has 88 valence electrons. The highest BCUT2D eigenvalue weighted by atomic mass is 35.5. The first-order valence-corrected chi connectivity index (χ1v) is 5.21. The highest BCUT2D eigenvalue weighted by molar-refractivity contribution is 6.31. The van der Waals surface area contributed by atoms with Crippen LogP contribution in [-0.4, -0.2) is 36.1 Å². The third-order valence-corrected chi connectivity index (χ3v) is 2.67. The van der Waals surface area contributed by atoms with Gasteiger partial charge >= 0.3 is 0 Å². The molecule has 0 atom stereocenters. The Morgan fingerprint density at radius 2 is 2.25 bits per heavy atom. The van der Waals surface area contributed by atoms with Crippen LogP contribution < -0.4 is 0 Å². The van der Waals surface area contributed by atoms with Crippen LogP contribution in [-0.2, 0) is 11.2 Å². The van der Waals surface area contributed by atoms with Crippen LogP contribution in [0, 0.1) is 5.82 Å². The molecule has 16 heavy (non-hydrogen) atoms. The van der Waals surface area contributed by atoms with E-state index in [2.05, 4.69) is 0 Å². The third kappa shape index (κ3) is 3.18. The fraction of sp³-hybridized carbons (Fsp3) is 0.364. The number of halogens is 2. The Labute approximate surface area is 98.4 Å². The van der Waals surface area contributed by atoms with Gasteiger partial charge in [-0.05, 0) is 18.6 Å². The van der Waals surface area contributed by atoms with E-state index < -0.39 is 12.5 Å². The standard InChI is InChI=1S/C11H13ClFNO2/c1-14(11(16)7-15)6-5-8-9(12)3-2-4-10(8)13/h2-4,15H,5-7H2,1H3. The molecule has 1 aromatic rings. The van der Waals surface area contributed by atoms with E-state index in [-0.39, 0.29) is 5.82 Å². The predicted molar refractivity (Wildman–Crippen MR) is 59.8 cm³/mol. The van der Waals surface area contributed by atoms with Crippen LogP contribution in [0.4, 0.5) is 4.39 Å². The molecule has 0 bridgehead atoms. The van der Waals surface area contributed by atoms with Crippen molar-refractivity contribution in [2.24, 2.45) is 0 Å². The summed E-state index contributed by atoms with van der Waals surface area (Å²) in [5, 5.41) is 8.97. The highest BCUT2D eigenvalue weighted by Gasteiger charge is 2.10. The Morgan fingerprint density at radius 3 is 2.81 bits per heavy atom. The molecule has 0 saturated carbocycles. The van der Waals surface area contributed by atoms with Crippen LogP contribution in [0.25, 0.3) is 0 Å². The molecule has 1 rings (SSSR count). The van der Waals surface area contributed by atoms with E-state index in [1.807, 2.05) is 0 Å². The normalized spacial score (nSPS) is 10.2. The van der Waals surface area contributed by atoms with Crippen molar-refractivity contribution in [1.82, 2.24) is 4.90 Å². The fourth-order valence-electron chi connectivity index (χ4n) is 1.30. The SMILES string of the molecule is CN(CCc1c(F)cccc1Cl)C(=O)CO. The molecule has 0 aliphatic heterocycles. The predicted octanol–water partition coefficient (Wildman–Crippen LogP) is 1.47. The van der Waals surface area contributed by atoms with E-state index in [0.717, 1.165) is 0 Å². The first kappa shape index (κ1) is 12.9. The van der Waals surface area contributed by atoms with Gasteiger partial charge in [-0.3, -0.25) is 4.79 Å². The maximum absolute atomic E-state index is 13.3. The summed E-state index contributed by atoms with van der Waals surface area (Å²) >= 11 is 5.83. The smallest absolute Gasteiger partial charge is 0.248 e. The van der Waals surface area contributed by atoms with Crippen molar-refractivity contribution in [3.8, 4) is 0 Å². The summed E-state index contributed by atoms with van der Waals surface area (Å²) in [6.07, 6.45) is 0.327. The molecule has 1 amide bonds. The average molecular weight is 246 g/mol. The molecule has 1 N–H and O–H groups in total. The number of nitrogens with zero attached hydrogens (tertiary/aromatic N) is 1. The summed E-state index contributed by atoms with van der Waals surface area (Å²) in [5.41, 5.74) is 0.391. The molecule has 0 aliphatic rings. The van der Waals surface area contributed by atoms with E-state index in [9.17, 15) is 9.18 Å². The summed E-state index contributed by atoms with van der Waals surface area (Å²) in [6, 6.07) is 4.46. The topological polar surface area (TPSA) is 40.5 Å². The van der Waals surface area contributed by atoms with Crippen molar-refractivity contribution in [3.05, 3.63) is 34.6 Å². The maximum atomic E-state index is 13.3. The molecular formula is C11H13ClFNO2. The number of aliphatic hydroxyl groups excluding tert-OH is 1. The maximum Gasteiger partial charge on any atom is 0.248 e. The number of carbonyl (C=O) groups excluding carboxylic acids is 1. The number of benzene rings is 1. The van der Waals surface area contributed by atoms with Crippen LogP contribution in [0.15, 0.2) is 18.2 Å². The van der Waals surface area contributed by atoms with Gasteiger partial charge in [-0.2, -0.15) is 0 Å². The first-order chi connectivity index (χ1) is 7.56. The lowest BCUT2D eigenvalue weighted by molar-refractivity contribution is -0.132. The number of rotatable bonds is 4. The van der Waals surface area contributed by atoms with Crippen LogP contribution in [0.2, 0.25) is 5.02 Å². The number of aliphatic hydroxyl groups is 1. The van der Waals surface area contributed by atoms with E-state index in [1.54, 1.807) is 13.1 Å². The number of hydrogen-bond donors (Lipinski definition) is 1. The van der Waals surface area contributed by atoms with E-state index in [0.29, 0.717) is 23.6 Å². The summed E-state index contributed by atoms with van der Waals surface area (Å²) in [6.45, 7) is -0.221. The van der Waals surface area contributed by atoms with Crippen molar-refractivity contribution >= 4 is 17.5 Å². The van der Waals surface area contributed by atoms with Crippen LogP contribution in [0.1, 0.15) is 5.56 Å². The molecule has 0 aromatic heterocycles. The van der Waals surface area contributed by atoms with Gasteiger partial charge in [0.2, 0.25) is 5.91 Å². The van der Waals surface area contributed by atoms with Crippen molar-refractivity contribution in [1.29, 1.82) is 0 Å². The van der Waals surface area contributed by atoms with Gasteiger partial charge in [-0.1, -0.05) is 17.7 Å². The van der Waals surface area contributed by atoms with E-state index in [4.69, 9.17) is 16.7 Å². The molecule has 5 heteroatoms. The Hall–Kier alpha value is -1.13. The molecule has 0 heterocycles. The van der Waals surface area contributed by atoms with E-state index in [1.165, 1.54) is 17.0 Å². The monoisotopic (exact) mass is 245 g/mol. The van der Waals surface area contributed by atoms with Gasteiger partial charge in [0.05, 0.1) is 0 Å². The summed E-state index contributed by atoms with van der Waals surface area (Å²) < 4.78 is 13.3. The van der Waals surface area contributed by atoms with Crippen molar-refractivity contribution < 1.29 is 14.3 Å². The molecule has 0 spiro atoms. The lowest BCUT2D eigenvalue weighted by Gasteiger charge is -2.16. The Balaban J connectivity index is 2.64. The molecule has 0 unspecified atom stereocenters. The van der Waals surface area contributed by atoms with Crippen molar-refractivity contribution in [2.45, 2.75) is 6.42 Å². The second-order valence-corrected chi connectivity index (χ2v) is 3.83. The van der Waals surface area contributed by atoms with Gasteiger partial charge in [-0.15, -0.1) is 0 Å². The average Bonchev–Trinajstić information content (AvgIpc) is 2.27. The number of hydrogen-bond acceptors (Lipinski definition) is 2. The molecule has 3 nitrogen and oxygen atoms in total. The van der Waals surface area contributed by atoms with Gasteiger partial charge in [0.1, 0.15) is 12.4 Å². The lowest BCUT2D eigenvalue weighted by atomic mass is 10.1. The van der Waals surface area contributed by atoms with Gasteiger partial charge < -0.3 is 10.0 Å². The fourth-order valence-corrected chi connectivity index (χ4v) is 1.55. The lowest BCUT2D eigenvalue weighted by Crippen LogP contribution is -2.31. The Kier molecular flexibility index (Phi) is 4.71. The molecule has 0 saturated heterocycles. The van der Waals surface area contributed by atoms with E-state index >= 15 is 0 Å². The van der Waals surface area contributed by atoms with Crippen molar-refractivity contribution in [3.63, 3.8) is 0 Å². The summed E-state index contributed by atoms with van der Waals surface area (Å²) in [5.74, 6) is -0.773. The Morgan fingerprint density at radius 1 is 1.56 bits per heavy atom. The quantitative estimate of drug-likeness (QED) is 0.873. The molecule has 0 aliphatic carbocycles. The molecular weight excluding hydrogens is 233 g/mol. The van der Waals surface area contributed by atoms with Gasteiger partial charge in [0.25, 0.3) is 0 Å². The first-order valence-electron chi connectivity index (χ1n) is 4.84. The zero-order chi connectivity index (χ0) is 12.1. The molecule has 1 aromatic carbocycles. The highest BCUT2D eigenvalue weighted by Crippen LogP contribution is 2.19. The van der Waals surface area contributed by atoms with Crippen LogP contribution >= 0.6 is 11.6 Å². The minimum atomic E-state index is -0.540. The number of carbonyl (C=O) groups is 1. The summed E-state index contributed by atoms with van der Waals surface area (Å²) in [4.78, 5) is 12.4. The largest absolute Gasteiger partial charge is 0.387 e. The third-order valence-electron chi connectivity index (χ3n) is 2.32. The van der Waals surface area contributed by atoms with Gasteiger partial charge in [-0.25, -0.2) is 4.39 Å². The minimum absolute atomic E-state index is 0.319. The van der Waals surface area contributed by atoms with Crippen molar-refractivity contribution in [2.75, 3.05) is 20.2 Å². The second-order valence-electron chi connectivity index (χ2n) is 3.42. The number of likely N-dealkylation sites (N-methyl/N-ethyl adjacent to an activating group) is 1. The number of amides is 1. The van der Waals surface area contributed by atoms with Crippen LogP contribution in [0.3, 0.4) is 0 Å².